The molecule has 0 radical (unpaired) electrons. The highest BCUT2D eigenvalue weighted by molar-refractivity contribution is 4.95. The Morgan fingerprint density at radius 2 is 0.833 bits per heavy atom. The van der Waals surface area contributed by atoms with E-state index in [1.54, 1.807) is 0 Å². The minimum absolute atomic E-state index is 0.402. The van der Waals surface area contributed by atoms with Crippen molar-refractivity contribution in [3.05, 3.63) is 0 Å². The van der Waals surface area contributed by atoms with Crippen LogP contribution < -0.4 is 0 Å². The minimum Gasteiger partial charge on any atom is -0.388 e. The maximum absolute atomic E-state index is 11.0. The van der Waals surface area contributed by atoms with E-state index >= 15 is 0 Å². The molecule has 5 aliphatic rings. The molecule has 0 spiro atoms. The molecule has 22 atom stereocenters. The zero-order valence-electron chi connectivity index (χ0n) is 25.9. The third-order valence-corrected chi connectivity index (χ3v) is 9.05. The third kappa shape index (κ3) is 7.81. The normalized spacial score (nSPS) is 55.4. The molecule has 280 valence electrons. The highest BCUT2D eigenvalue weighted by atomic mass is 16.8. The van der Waals surface area contributed by atoms with Crippen molar-refractivity contribution in [3.8, 4) is 0 Å². The fraction of sp³-hybridized carbons (Fsp3) is 1.00. The molecule has 0 unspecified atom stereocenters. The van der Waals surface area contributed by atoms with Gasteiger partial charge >= 0.3 is 0 Å². The van der Waals surface area contributed by atoms with Crippen molar-refractivity contribution in [2.24, 2.45) is 0 Å². The second-order valence-corrected chi connectivity index (χ2v) is 12.6. The van der Waals surface area contributed by atoms with Crippen LogP contribution in [0.4, 0.5) is 0 Å². The Balaban J connectivity index is 1.22. The van der Waals surface area contributed by atoms with E-state index in [1.807, 2.05) is 0 Å². The molecule has 0 saturated carbocycles. The zero-order chi connectivity index (χ0) is 35.2. The van der Waals surface area contributed by atoms with E-state index in [0.717, 1.165) is 0 Å². The smallest absolute Gasteiger partial charge is 0.187 e. The molecule has 0 aliphatic carbocycles. The van der Waals surface area contributed by atoms with Gasteiger partial charge in [0.2, 0.25) is 0 Å². The Labute approximate surface area is 273 Å². The first-order chi connectivity index (χ1) is 22.6. The number of aliphatic hydroxyl groups is 12. The fourth-order valence-corrected chi connectivity index (χ4v) is 6.09. The molecular weight excluding hydrogens is 660 g/mol. The lowest BCUT2D eigenvalue weighted by molar-refractivity contribution is -0.386. The molecule has 5 aliphatic heterocycles. The standard InChI is InChI=1S/C27H46O21/c1-6-11(31)13(33)16(36)26(43-6)47-21-10(30)4-40-23(39)22(21)48-27-17(37)14(34)19(7(2)44-27)45-25-18(38)20(9(29)5-42-25)46-24-15(35)12(32)8(28)3-41-24/h6-39H,3-5H2,1-2H3/t6-,7-,8+,9+,10+,11-,12-,13+,14-,15+,16+,17+,18+,19-,20+,21-,22+,23+,24-,25-,26-,27-/m0/s1. The second-order valence-electron chi connectivity index (χ2n) is 12.6. The van der Waals surface area contributed by atoms with E-state index in [-0.39, 0.29) is 0 Å². The summed E-state index contributed by atoms with van der Waals surface area (Å²) in [5.41, 5.74) is 0. The summed E-state index contributed by atoms with van der Waals surface area (Å²) >= 11 is 0. The van der Waals surface area contributed by atoms with E-state index in [4.69, 9.17) is 42.6 Å². The Bertz CT molecular complexity index is 1030. The van der Waals surface area contributed by atoms with E-state index in [1.165, 1.54) is 13.8 Å². The predicted octanol–water partition coefficient (Wildman–Crippen LogP) is -7.95. The first-order valence-electron chi connectivity index (χ1n) is 15.5. The van der Waals surface area contributed by atoms with Gasteiger partial charge in [-0.2, -0.15) is 0 Å². The molecule has 0 amide bonds. The summed E-state index contributed by atoms with van der Waals surface area (Å²) in [4.78, 5) is 0. The van der Waals surface area contributed by atoms with Gasteiger partial charge in [0.25, 0.3) is 0 Å². The first kappa shape index (κ1) is 38.4. The number of hydrogen-bond acceptors (Lipinski definition) is 21. The Morgan fingerprint density at radius 3 is 1.50 bits per heavy atom. The number of hydrogen-bond donors (Lipinski definition) is 12. The molecule has 21 heteroatoms. The molecule has 0 aromatic rings. The van der Waals surface area contributed by atoms with Gasteiger partial charge in [0.15, 0.2) is 31.5 Å². The molecule has 48 heavy (non-hydrogen) atoms. The van der Waals surface area contributed by atoms with Gasteiger partial charge < -0.3 is 104 Å². The minimum atomic E-state index is -1.90. The first-order valence-corrected chi connectivity index (χ1v) is 15.5. The van der Waals surface area contributed by atoms with Crippen molar-refractivity contribution < 1.29 is 104 Å². The van der Waals surface area contributed by atoms with E-state index in [0.29, 0.717) is 0 Å². The molecule has 5 saturated heterocycles. The maximum atomic E-state index is 11.0. The molecule has 12 N–H and O–H groups in total. The highest BCUT2D eigenvalue weighted by Gasteiger charge is 2.53. The number of ether oxygens (including phenoxy) is 9. The van der Waals surface area contributed by atoms with Crippen molar-refractivity contribution in [3.63, 3.8) is 0 Å². The fourth-order valence-electron chi connectivity index (χ4n) is 6.09. The second kappa shape index (κ2) is 15.8. The highest BCUT2D eigenvalue weighted by Crippen LogP contribution is 2.33. The largest absolute Gasteiger partial charge is 0.388 e. The van der Waals surface area contributed by atoms with Crippen LogP contribution in [0.2, 0.25) is 0 Å². The van der Waals surface area contributed by atoms with Crippen LogP contribution in [0.15, 0.2) is 0 Å². The van der Waals surface area contributed by atoms with Crippen LogP contribution >= 0.6 is 0 Å². The quantitative estimate of drug-likeness (QED) is 0.111. The molecular formula is C27H46O21. The van der Waals surface area contributed by atoms with Gasteiger partial charge in [-0.3, -0.25) is 0 Å². The van der Waals surface area contributed by atoms with Gasteiger partial charge in [-0.05, 0) is 13.8 Å². The van der Waals surface area contributed by atoms with Gasteiger partial charge in [-0.25, -0.2) is 0 Å². The Kier molecular flexibility index (Phi) is 12.6. The van der Waals surface area contributed by atoms with Gasteiger partial charge in [0.1, 0.15) is 91.6 Å². The van der Waals surface area contributed by atoms with Crippen LogP contribution in [0.3, 0.4) is 0 Å². The summed E-state index contributed by atoms with van der Waals surface area (Å²) in [5, 5.41) is 125. The van der Waals surface area contributed by atoms with E-state index in [9.17, 15) is 61.3 Å². The third-order valence-electron chi connectivity index (χ3n) is 9.05. The molecule has 5 fully saturated rings. The summed E-state index contributed by atoms with van der Waals surface area (Å²) in [5.74, 6) is 0. The monoisotopic (exact) mass is 706 g/mol. The van der Waals surface area contributed by atoms with Crippen LogP contribution in [0.5, 0.6) is 0 Å². The molecule has 0 aromatic carbocycles. The Hall–Kier alpha value is -0.840. The lowest BCUT2D eigenvalue weighted by atomic mass is 9.98. The van der Waals surface area contributed by atoms with Gasteiger partial charge in [-0.1, -0.05) is 0 Å². The predicted molar refractivity (Wildman–Crippen MR) is 146 cm³/mol. The summed E-state index contributed by atoms with van der Waals surface area (Å²) < 4.78 is 49.5. The summed E-state index contributed by atoms with van der Waals surface area (Å²) in [6, 6.07) is 0. The average Bonchev–Trinajstić information content (AvgIpc) is 3.05. The SMILES string of the molecule is C[C@@H]1O[C@@H](O[C@@H]2[C@@H](O[C@@H]3O[C@@H](C)[C@H](O[C@@H]4OC[C@@H](O)[C@@H](O[C@@H]5OC[C@@H](O)[C@H](O)[C@H]5O)[C@H]4O)[C@@H](O)[C@H]3O)[C@H](O)OC[C@H]2O)[C@H](O)[C@H](O)[C@H]1O. The number of aliphatic hydroxyl groups excluding tert-OH is 12. The summed E-state index contributed by atoms with van der Waals surface area (Å²) in [6.45, 7) is 1.51. The maximum Gasteiger partial charge on any atom is 0.187 e. The van der Waals surface area contributed by atoms with Crippen molar-refractivity contribution in [2.45, 2.75) is 149 Å². The van der Waals surface area contributed by atoms with Crippen molar-refractivity contribution in [1.29, 1.82) is 0 Å². The molecule has 5 rings (SSSR count). The molecule has 0 bridgehead atoms. The van der Waals surface area contributed by atoms with Crippen molar-refractivity contribution >= 4 is 0 Å². The molecule has 0 aromatic heterocycles. The molecule has 5 heterocycles. The Morgan fingerprint density at radius 1 is 0.375 bits per heavy atom. The van der Waals surface area contributed by atoms with Crippen molar-refractivity contribution in [2.75, 3.05) is 19.8 Å². The van der Waals surface area contributed by atoms with Gasteiger partial charge in [-0.15, -0.1) is 0 Å². The van der Waals surface area contributed by atoms with Crippen LogP contribution in [-0.2, 0) is 42.6 Å². The van der Waals surface area contributed by atoms with Crippen molar-refractivity contribution in [1.82, 2.24) is 0 Å². The zero-order valence-corrected chi connectivity index (χ0v) is 25.9. The van der Waals surface area contributed by atoms with Crippen LogP contribution in [0.1, 0.15) is 13.8 Å². The van der Waals surface area contributed by atoms with Crippen LogP contribution in [0, 0.1) is 0 Å². The lowest BCUT2D eigenvalue weighted by Crippen LogP contribution is -2.65. The number of rotatable bonds is 8. The van der Waals surface area contributed by atoms with E-state index in [2.05, 4.69) is 0 Å². The average molecular weight is 707 g/mol. The summed E-state index contributed by atoms with van der Waals surface area (Å²) in [6.07, 6.45) is -34.4. The van der Waals surface area contributed by atoms with Crippen LogP contribution in [-0.4, -0.2) is 216 Å². The van der Waals surface area contributed by atoms with E-state index < -0.39 is 155 Å². The molecule has 21 nitrogen and oxygen atoms in total. The van der Waals surface area contributed by atoms with Gasteiger partial charge in [0.05, 0.1) is 32.0 Å². The lowest BCUT2D eigenvalue weighted by Gasteiger charge is -2.48. The topological polar surface area (TPSA) is 326 Å². The summed E-state index contributed by atoms with van der Waals surface area (Å²) in [7, 11) is 0. The van der Waals surface area contributed by atoms with Gasteiger partial charge in [0, 0.05) is 0 Å². The van der Waals surface area contributed by atoms with Crippen LogP contribution in [0.25, 0.3) is 0 Å².